The molecule has 6 N–H and O–H groups in total. The first-order valence-corrected chi connectivity index (χ1v) is 24.2. The van der Waals surface area contributed by atoms with Crippen LogP contribution >= 0.6 is 11.6 Å². The average molecular weight is 987 g/mol. The van der Waals surface area contributed by atoms with Crippen molar-refractivity contribution in [3.8, 4) is 0 Å². The Bertz CT molecular complexity index is 2450. The Morgan fingerprint density at radius 3 is 1.90 bits per heavy atom. The SMILES string of the molecule is C/C=C\[C@H]1C[C@H]2C(=O)N(C)[C@H](C)[C@@H](NC(=O)c3ccc(Cl)n3O)C(=O)N[C@@H]([C@H](C)c3ccccc3)C(=O)N[C@H](C[C@H]3C[C@@H]3[N+](=O)[O-])C(=O)N[C@@H]([C@H](C)c3ccccc3)C(=O)N[C@@H]([C@@H](C)CC)C(=O)N2C1. The van der Waals surface area contributed by atoms with Gasteiger partial charge in [-0.25, -0.2) is 0 Å². The van der Waals surface area contributed by atoms with Crippen LogP contribution in [0.3, 0.4) is 0 Å². The van der Waals surface area contributed by atoms with Gasteiger partial charge in [0.1, 0.15) is 47.1 Å². The Hall–Kier alpha value is -6.76. The topological polar surface area (TPSA) is 254 Å². The second-order valence-electron chi connectivity index (χ2n) is 18.9. The van der Waals surface area contributed by atoms with Gasteiger partial charge in [0.05, 0.1) is 6.04 Å². The van der Waals surface area contributed by atoms with E-state index in [4.69, 9.17) is 11.6 Å². The molecule has 1 aromatic heterocycles. The van der Waals surface area contributed by atoms with Gasteiger partial charge in [-0.15, -0.1) is 0 Å². The highest BCUT2D eigenvalue weighted by molar-refractivity contribution is 6.30. The number of allylic oxidation sites excluding steroid dienone is 1. The van der Waals surface area contributed by atoms with Gasteiger partial charge < -0.3 is 41.6 Å². The molecule has 19 nitrogen and oxygen atoms in total. The molecule has 376 valence electrons. The zero-order chi connectivity index (χ0) is 51.1. The zero-order valence-corrected chi connectivity index (χ0v) is 41.2. The van der Waals surface area contributed by atoms with Crippen molar-refractivity contribution in [2.24, 2.45) is 17.8 Å². The Labute approximate surface area is 412 Å². The first-order valence-electron chi connectivity index (χ1n) is 23.8. The molecule has 0 bridgehead atoms. The highest BCUT2D eigenvalue weighted by atomic mass is 35.5. The molecule has 3 aromatic rings. The fourth-order valence-electron chi connectivity index (χ4n) is 9.49. The van der Waals surface area contributed by atoms with Gasteiger partial charge in [-0.05, 0) is 61.8 Å². The Kier molecular flexibility index (Phi) is 17.1. The average Bonchev–Trinajstić information content (AvgIpc) is 3.89. The number of carbonyl (C=O) groups is 7. The summed E-state index contributed by atoms with van der Waals surface area (Å²) in [7, 11) is 1.43. The van der Waals surface area contributed by atoms with Crippen LogP contribution in [0.1, 0.15) is 101 Å². The summed E-state index contributed by atoms with van der Waals surface area (Å²) < 4.78 is 0.418. The van der Waals surface area contributed by atoms with E-state index in [1.807, 2.05) is 26.0 Å². The number of aromatic nitrogens is 1. The maximum Gasteiger partial charge on any atom is 0.272 e. The standard InChI is InChI=1S/C50H64ClN9O10/c1-8-16-31-23-38-49(66)57(7)30(6)43(56-45(62)36-21-22-39(51)59(36)68)48(65)55-41(28(4)32-17-12-10-13-18-32)46(63)52-35(24-34-25-37(34)60(69)70)44(61)54-42(29(5)33-19-14-11-15-20-33)47(64)53-40(27(3)9-2)50(67)58(38)26-31/h8,10-22,27-31,34-35,37-38,40-43,68H,9,23-26H2,1-7H3,(H,52,63)(H,53,64)(H,54,61)(H,55,65)(H,56,62)/b16-8-/t27-,28+,29+,30+,31-,34-,35+,37-,38-,40-,41-,42-,43+/m0/s1. The van der Waals surface area contributed by atoms with Crippen molar-refractivity contribution in [1.82, 2.24) is 41.1 Å². The summed E-state index contributed by atoms with van der Waals surface area (Å²) in [6, 6.07) is 9.71. The molecule has 20 heteroatoms. The quantitative estimate of drug-likeness (QED) is 0.0663. The summed E-state index contributed by atoms with van der Waals surface area (Å²) in [6.45, 7) is 10.5. The van der Waals surface area contributed by atoms with E-state index in [0.29, 0.717) is 22.3 Å². The number of nitrogens with one attached hydrogen (secondary N) is 5. The number of hydrogen-bond acceptors (Lipinski definition) is 10. The molecule has 1 saturated carbocycles. The summed E-state index contributed by atoms with van der Waals surface area (Å²) >= 11 is 6.06. The molecule has 13 atom stereocenters. The van der Waals surface area contributed by atoms with Crippen LogP contribution < -0.4 is 26.6 Å². The minimum absolute atomic E-state index is 0.112. The number of carbonyl (C=O) groups excluding carboxylic acids is 7. The molecular formula is C50H64ClN9O10. The maximum atomic E-state index is 15.0. The molecule has 6 rings (SSSR count). The van der Waals surface area contributed by atoms with E-state index < -0.39 is 118 Å². The van der Waals surface area contributed by atoms with E-state index in [9.17, 15) is 44.1 Å². The van der Waals surface area contributed by atoms with Crippen LogP contribution in [-0.2, 0) is 28.8 Å². The van der Waals surface area contributed by atoms with Crippen LogP contribution in [-0.4, -0.2) is 128 Å². The predicted octanol–water partition coefficient (Wildman–Crippen LogP) is 3.78. The van der Waals surface area contributed by atoms with Gasteiger partial charge in [0, 0.05) is 42.7 Å². The highest BCUT2D eigenvalue weighted by Gasteiger charge is 2.51. The molecule has 1 aliphatic carbocycles. The maximum absolute atomic E-state index is 15.0. The first-order chi connectivity index (χ1) is 33.3. The van der Waals surface area contributed by atoms with Crippen molar-refractivity contribution < 1.29 is 43.7 Å². The van der Waals surface area contributed by atoms with Crippen molar-refractivity contribution in [1.29, 1.82) is 0 Å². The third-order valence-electron chi connectivity index (χ3n) is 14.3. The highest BCUT2D eigenvalue weighted by Crippen LogP contribution is 2.37. The van der Waals surface area contributed by atoms with E-state index in [1.165, 1.54) is 35.9 Å². The van der Waals surface area contributed by atoms with Gasteiger partial charge in [0.2, 0.25) is 41.5 Å². The molecule has 2 saturated heterocycles. The first kappa shape index (κ1) is 52.6. The molecule has 3 fully saturated rings. The van der Waals surface area contributed by atoms with Gasteiger partial charge in [0.15, 0.2) is 0 Å². The Morgan fingerprint density at radius 2 is 1.39 bits per heavy atom. The predicted molar refractivity (Wildman–Crippen MR) is 259 cm³/mol. The molecule has 2 aromatic carbocycles. The van der Waals surface area contributed by atoms with Crippen LogP contribution in [0.5, 0.6) is 0 Å². The van der Waals surface area contributed by atoms with Gasteiger partial charge in [-0.2, -0.15) is 4.73 Å². The van der Waals surface area contributed by atoms with Crippen LogP contribution in [0.15, 0.2) is 84.9 Å². The second kappa shape index (κ2) is 22.8. The summed E-state index contributed by atoms with van der Waals surface area (Å²) in [5, 5.41) is 36.2. The number of fused-ring (bicyclic) bond motifs is 1. The van der Waals surface area contributed by atoms with Crippen LogP contribution in [0, 0.1) is 27.9 Å². The summed E-state index contributed by atoms with van der Waals surface area (Å²) in [5.41, 5.74) is 0.915. The molecule has 7 amide bonds. The van der Waals surface area contributed by atoms with Crippen LogP contribution in [0.25, 0.3) is 0 Å². The molecule has 2 aliphatic heterocycles. The molecule has 70 heavy (non-hydrogen) atoms. The van der Waals surface area contributed by atoms with Crippen molar-refractivity contribution in [3.05, 3.63) is 117 Å². The Balaban J connectivity index is 1.51. The number of likely N-dealkylation sites (N-methyl/N-ethyl adjacent to an activating group) is 1. The van der Waals surface area contributed by atoms with Gasteiger partial charge >= 0.3 is 0 Å². The van der Waals surface area contributed by atoms with Gasteiger partial charge in [-0.3, -0.25) is 43.7 Å². The molecule has 0 spiro atoms. The number of nitrogens with zero attached hydrogens (tertiary/aromatic N) is 4. The van der Waals surface area contributed by atoms with Crippen molar-refractivity contribution >= 4 is 53.0 Å². The van der Waals surface area contributed by atoms with Gasteiger partial charge in [-0.1, -0.05) is 119 Å². The fraction of sp³-hybridized carbons (Fsp3) is 0.500. The number of rotatable bonds is 12. The van der Waals surface area contributed by atoms with Crippen LogP contribution in [0.2, 0.25) is 5.15 Å². The molecule has 3 aliphatic rings. The largest absolute Gasteiger partial charge is 0.427 e. The molecular weight excluding hydrogens is 922 g/mol. The number of amides is 7. The number of hydrogen-bond donors (Lipinski definition) is 6. The summed E-state index contributed by atoms with van der Waals surface area (Å²) in [6.07, 6.45) is 4.26. The second-order valence-corrected chi connectivity index (χ2v) is 19.3. The molecule has 0 radical (unpaired) electrons. The fourth-order valence-corrected chi connectivity index (χ4v) is 9.64. The molecule has 3 heterocycles. The lowest BCUT2D eigenvalue weighted by Crippen LogP contribution is -2.63. The van der Waals surface area contributed by atoms with E-state index >= 15 is 4.79 Å². The summed E-state index contributed by atoms with van der Waals surface area (Å²) in [4.78, 5) is 118. The normalized spacial score (nSPS) is 28.5. The lowest BCUT2D eigenvalue weighted by molar-refractivity contribution is -0.498. The minimum atomic E-state index is -1.63. The van der Waals surface area contributed by atoms with Crippen LogP contribution in [0.4, 0.5) is 0 Å². The van der Waals surface area contributed by atoms with E-state index in [-0.39, 0.29) is 42.6 Å². The third kappa shape index (κ3) is 11.8. The van der Waals surface area contributed by atoms with E-state index in [2.05, 4.69) is 26.6 Å². The third-order valence-corrected chi connectivity index (χ3v) is 14.6. The zero-order valence-electron chi connectivity index (χ0n) is 40.4. The molecule has 0 unspecified atom stereocenters. The van der Waals surface area contributed by atoms with E-state index in [0.717, 1.165) is 0 Å². The van der Waals surface area contributed by atoms with Crippen molar-refractivity contribution in [2.75, 3.05) is 13.6 Å². The van der Waals surface area contributed by atoms with Crippen molar-refractivity contribution in [2.45, 2.75) is 127 Å². The smallest absolute Gasteiger partial charge is 0.272 e. The lowest BCUT2D eigenvalue weighted by Gasteiger charge is -2.37. The summed E-state index contributed by atoms with van der Waals surface area (Å²) in [5.74, 6) is -8.34. The number of halogens is 1. The minimum Gasteiger partial charge on any atom is -0.427 e. The van der Waals surface area contributed by atoms with Gasteiger partial charge in [0.25, 0.3) is 5.91 Å². The lowest BCUT2D eigenvalue weighted by atomic mass is 9.90. The Morgan fingerprint density at radius 1 is 0.829 bits per heavy atom. The van der Waals surface area contributed by atoms with E-state index in [1.54, 1.807) is 81.4 Å². The van der Waals surface area contributed by atoms with Crippen molar-refractivity contribution in [3.63, 3.8) is 0 Å². The number of nitro groups is 1. The monoisotopic (exact) mass is 985 g/mol. The number of benzene rings is 2.